The Bertz CT molecular complexity index is 408. The predicted octanol–water partition coefficient (Wildman–Crippen LogP) is 2.66. The molecule has 1 aromatic heterocycles. The number of carbonyl (C=O) groups is 1. The van der Waals surface area contributed by atoms with E-state index in [-0.39, 0.29) is 11.9 Å². The largest absolute Gasteiger partial charge is 0.335 e. The number of nitrogens with one attached hydrogen (secondary N) is 1. The van der Waals surface area contributed by atoms with Crippen molar-refractivity contribution in [3.05, 3.63) is 21.9 Å². The first kappa shape index (κ1) is 13.6. The SMILES string of the molecule is Cc1cscc1C(=O)N(CC1CCCN1)C(C)C. The fourth-order valence-electron chi connectivity index (χ4n) is 2.41. The second-order valence-corrected chi connectivity index (χ2v) is 6.06. The number of carbonyl (C=O) groups excluding carboxylic acids is 1. The maximum Gasteiger partial charge on any atom is 0.255 e. The van der Waals surface area contributed by atoms with Gasteiger partial charge in [-0.2, -0.15) is 11.3 Å². The summed E-state index contributed by atoms with van der Waals surface area (Å²) in [4.78, 5) is 14.6. The van der Waals surface area contributed by atoms with Crippen LogP contribution >= 0.6 is 11.3 Å². The molecule has 1 amide bonds. The van der Waals surface area contributed by atoms with Crippen molar-refractivity contribution in [2.24, 2.45) is 0 Å². The molecule has 1 aliphatic heterocycles. The van der Waals surface area contributed by atoms with Gasteiger partial charge in [0.05, 0.1) is 5.56 Å². The summed E-state index contributed by atoms with van der Waals surface area (Å²) in [7, 11) is 0. The van der Waals surface area contributed by atoms with E-state index in [1.54, 1.807) is 11.3 Å². The standard InChI is InChI=1S/C14H22N2OS/c1-10(2)16(7-12-5-4-6-15-12)14(17)13-9-18-8-11(13)3/h8-10,12,15H,4-7H2,1-3H3. The van der Waals surface area contributed by atoms with Crippen molar-refractivity contribution in [1.82, 2.24) is 10.2 Å². The van der Waals surface area contributed by atoms with Crippen LogP contribution in [0.4, 0.5) is 0 Å². The number of amides is 1. The molecule has 0 saturated carbocycles. The minimum absolute atomic E-state index is 0.178. The number of nitrogens with zero attached hydrogens (tertiary/aromatic N) is 1. The molecule has 0 spiro atoms. The van der Waals surface area contributed by atoms with Gasteiger partial charge in [-0.3, -0.25) is 4.79 Å². The molecule has 1 fully saturated rings. The van der Waals surface area contributed by atoms with Crippen molar-refractivity contribution in [1.29, 1.82) is 0 Å². The second-order valence-electron chi connectivity index (χ2n) is 5.31. The maximum atomic E-state index is 12.6. The molecule has 1 aliphatic rings. The Hall–Kier alpha value is -0.870. The molecule has 100 valence electrons. The molecule has 3 nitrogen and oxygen atoms in total. The highest BCUT2D eigenvalue weighted by molar-refractivity contribution is 7.08. The first-order valence-corrected chi connectivity index (χ1v) is 7.61. The third kappa shape index (κ3) is 2.93. The van der Waals surface area contributed by atoms with Gasteiger partial charge in [-0.15, -0.1) is 0 Å². The zero-order valence-electron chi connectivity index (χ0n) is 11.4. The van der Waals surface area contributed by atoms with Crippen LogP contribution < -0.4 is 5.32 Å². The lowest BCUT2D eigenvalue weighted by Gasteiger charge is -2.29. The lowest BCUT2D eigenvalue weighted by Crippen LogP contribution is -2.44. The van der Waals surface area contributed by atoms with Gasteiger partial charge in [0, 0.05) is 24.0 Å². The third-order valence-electron chi connectivity index (χ3n) is 3.55. The molecule has 0 bridgehead atoms. The van der Waals surface area contributed by atoms with Crippen LogP contribution in [0.1, 0.15) is 42.6 Å². The van der Waals surface area contributed by atoms with Crippen LogP contribution in [0.3, 0.4) is 0 Å². The van der Waals surface area contributed by atoms with Crippen LogP contribution in [-0.2, 0) is 0 Å². The summed E-state index contributed by atoms with van der Waals surface area (Å²) >= 11 is 1.60. The molecule has 4 heteroatoms. The summed E-state index contributed by atoms with van der Waals surface area (Å²) < 4.78 is 0. The molecular formula is C14H22N2OS. The normalized spacial score (nSPS) is 19.4. The Morgan fingerprint density at radius 2 is 2.33 bits per heavy atom. The van der Waals surface area contributed by atoms with Gasteiger partial charge in [0.2, 0.25) is 0 Å². The first-order valence-electron chi connectivity index (χ1n) is 6.66. The van der Waals surface area contributed by atoms with Gasteiger partial charge in [-0.25, -0.2) is 0 Å². The van der Waals surface area contributed by atoms with Gasteiger partial charge >= 0.3 is 0 Å². The van der Waals surface area contributed by atoms with Gasteiger partial charge in [-0.05, 0) is 51.1 Å². The van der Waals surface area contributed by atoms with Crippen molar-refractivity contribution < 1.29 is 4.79 Å². The quantitative estimate of drug-likeness (QED) is 0.908. The number of hydrogen-bond donors (Lipinski definition) is 1. The zero-order valence-corrected chi connectivity index (χ0v) is 12.2. The molecule has 1 aromatic rings. The Kier molecular flexibility index (Phi) is 4.40. The molecular weight excluding hydrogens is 244 g/mol. The number of rotatable bonds is 4. The van der Waals surface area contributed by atoms with Gasteiger partial charge in [0.25, 0.3) is 5.91 Å². The molecule has 2 heterocycles. The molecule has 0 aliphatic carbocycles. The molecule has 2 rings (SSSR count). The van der Waals surface area contributed by atoms with Crippen LogP contribution in [0.2, 0.25) is 0 Å². The summed E-state index contributed by atoms with van der Waals surface area (Å²) in [6.45, 7) is 8.10. The third-order valence-corrected chi connectivity index (χ3v) is 4.41. The van der Waals surface area contributed by atoms with E-state index < -0.39 is 0 Å². The fourth-order valence-corrected chi connectivity index (χ4v) is 3.23. The van der Waals surface area contributed by atoms with Gasteiger partial charge in [-0.1, -0.05) is 0 Å². The average Bonchev–Trinajstić information content (AvgIpc) is 2.95. The maximum absolute atomic E-state index is 12.6. The Balaban J connectivity index is 2.09. The van der Waals surface area contributed by atoms with Gasteiger partial charge < -0.3 is 10.2 Å². The van der Waals surface area contributed by atoms with Crippen molar-refractivity contribution >= 4 is 17.2 Å². The Morgan fingerprint density at radius 3 is 2.83 bits per heavy atom. The second kappa shape index (κ2) is 5.85. The van der Waals surface area contributed by atoms with E-state index in [0.29, 0.717) is 6.04 Å². The number of aryl methyl sites for hydroxylation is 1. The minimum Gasteiger partial charge on any atom is -0.335 e. The van der Waals surface area contributed by atoms with Crippen molar-refractivity contribution in [3.63, 3.8) is 0 Å². The van der Waals surface area contributed by atoms with E-state index in [1.165, 1.54) is 12.8 Å². The Morgan fingerprint density at radius 1 is 1.56 bits per heavy atom. The zero-order chi connectivity index (χ0) is 13.1. The van der Waals surface area contributed by atoms with Crippen LogP contribution in [0.25, 0.3) is 0 Å². The summed E-state index contributed by atoms with van der Waals surface area (Å²) in [6, 6.07) is 0.717. The lowest BCUT2D eigenvalue weighted by atomic mass is 10.1. The lowest BCUT2D eigenvalue weighted by molar-refractivity contribution is 0.0689. The molecule has 1 saturated heterocycles. The topological polar surface area (TPSA) is 32.3 Å². The molecule has 1 atom stereocenters. The van der Waals surface area contributed by atoms with Crippen LogP contribution in [0.5, 0.6) is 0 Å². The minimum atomic E-state index is 0.178. The highest BCUT2D eigenvalue weighted by Gasteiger charge is 2.25. The van der Waals surface area contributed by atoms with Crippen LogP contribution in [0.15, 0.2) is 10.8 Å². The number of thiophene rings is 1. The van der Waals surface area contributed by atoms with E-state index in [1.807, 2.05) is 22.6 Å². The molecule has 1 unspecified atom stereocenters. The summed E-state index contributed by atoms with van der Waals surface area (Å²) in [5.41, 5.74) is 1.96. The van der Waals surface area contributed by atoms with E-state index in [9.17, 15) is 4.79 Å². The molecule has 1 N–H and O–H groups in total. The van der Waals surface area contributed by atoms with Crippen molar-refractivity contribution in [2.45, 2.75) is 45.7 Å². The van der Waals surface area contributed by atoms with Gasteiger partial charge in [0.1, 0.15) is 0 Å². The van der Waals surface area contributed by atoms with E-state index >= 15 is 0 Å². The highest BCUT2D eigenvalue weighted by Crippen LogP contribution is 2.18. The average molecular weight is 266 g/mol. The molecule has 18 heavy (non-hydrogen) atoms. The monoisotopic (exact) mass is 266 g/mol. The predicted molar refractivity (Wildman–Crippen MR) is 76.3 cm³/mol. The first-order chi connectivity index (χ1) is 8.59. The fraction of sp³-hybridized carbons (Fsp3) is 0.643. The van der Waals surface area contributed by atoms with E-state index in [4.69, 9.17) is 0 Å². The molecule has 0 aromatic carbocycles. The van der Waals surface area contributed by atoms with Crippen molar-refractivity contribution in [2.75, 3.05) is 13.1 Å². The summed E-state index contributed by atoms with van der Waals surface area (Å²) in [5, 5.41) is 7.47. The van der Waals surface area contributed by atoms with E-state index in [0.717, 1.165) is 24.2 Å². The highest BCUT2D eigenvalue weighted by atomic mass is 32.1. The molecule has 0 radical (unpaired) electrons. The van der Waals surface area contributed by atoms with Gasteiger partial charge in [0.15, 0.2) is 0 Å². The summed E-state index contributed by atoms with van der Waals surface area (Å²) in [6.07, 6.45) is 2.40. The van der Waals surface area contributed by atoms with Crippen LogP contribution in [0, 0.1) is 6.92 Å². The van der Waals surface area contributed by atoms with Crippen molar-refractivity contribution in [3.8, 4) is 0 Å². The summed E-state index contributed by atoms with van der Waals surface area (Å²) in [5.74, 6) is 0.178. The number of hydrogen-bond acceptors (Lipinski definition) is 3. The Labute approximate surface area is 113 Å². The smallest absolute Gasteiger partial charge is 0.255 e. The van der Waals surface area contributed by atoms with Crippen LogP contribution in [-0.4, -0.2) is 36.0 Å². The van der Waals surface area contributed by atoms with E-state index in [2.05, 4.69) is 19.2 Å².